The van der Waals surface area contributed by atoms with Crippen LogP contribution in [-0.4, -0.2) is 71.3 Å². The number of carbonyl (C=O) groups excluding carboxylic acids is 2. The van der Waals surface area contributed by atoms with Crippen molar-refractivity contribution in [3.8, 4) is 22.9 Å². The maximum Gasteiger partial charge on any atom is 0.336 e. The van der Waals surface area contributed by atoms with Crippen LogP contribution < -0.4 is 15.4 Å². The van der Waals surface area contributed by atoms with Gasteiger partial charge in [-0.25, -0.2) is 9.78 Å². The third-order valence-corrected chi connectivity index (χ3v) is 9.03. The molecule has 0 spiro atoms. The maximum absolute atomic E-state index is 12.6. The molecule has 0 fully saturated rings. The van der Waals surface area contributed by atoms with Gasteiger partial charge in [-0.05, 0) is 86.1 Å². The molecular formula is C38H33N5O8S. The predicted octanol–water partition coefficient (Wildman–Crippen LogP) is 5.04. The molecule has 1 aliphatic heterocycles. The molecular weight excluding hydrogens is 687 g/mol. The number of aromatic carboxylic acids is 1. The Labute approximate surface area is 302 Å². The Balaban J connectivity index is 0.948. The Morgan fingerprint density at radius 3 is 2.75 bits per heavy atom. The summed E-state index contributed by atoms with van der Waals surface area (Å²) >= 11 is 5.34. The standard InChI is InChI=1S/C38H33N5O8S/c1-20-36(47)43-19-30(39-18-33(43)40-20)21-4-9-25(10-5-21)50-14-2-3-34(46)42-38(52)41-22-6-11-26(29(15-22)37(48)49)35-27-12-7-23(44)16-31(27)51-32-17-24(45)8-13-28(32)35/h4-7,9-13,15,17-19,24,31,45,47H,2-3,8,14,16H2,1H3,(H,48,49)(H2,41,42,46,52). The molecule has 2 aromatic carbocycles. The van der Waals surface area contributed by atoms with Crippen LogP contribution in [-0.2, 0) is 14.3 Å². The van der Waals surface area contributed by atoms with Crippen LogP contribution in [0.15, 0.2) is 96.1 Å². The number of ether oxygens (including phenoxy) is 2. The molecule has 3 aliphatic rings. The number of allylic oxidation sites excluding steroid dienone is 2. The highest BCUT2D eigenvalue weighted by Crippen LogP contribution is 2.45. The van der Waals surface area contributed by atoms with E-state index in [0.717, 1.165) is 5.56 Å². The number of carboxylic acids is 1. The summed E-state index contributed by atoms with van der Waals surface area (Å²) in [6, 6.07) is 12.0. The van der Waals surface area contributed by atoms with E-state index >= 15 is 0 Å². The number of hydrogen-bond donors (Lipinski definition) is 5. The minimum absolute atomic E-state index is 0.00708. The van der Waals surface area contributed by atoms with E-state index < -0.39 is 18.2 Å². The van der Waals surface area contributed by atoms with E-state index in [1.165, 1.54) is 12.1 Å². The molecule has 2 aromatic heterocycles. The molecule has 1 amide bonds. The lowest BCUT2D eigenvalue weighted by atomic mass is 9.80. The number of nitrogens with one attached hydrogen (secondary N) is 2. The molecule has 0 saturated heterocycles. The number of imidazole rings is 1. The van der Waals surface area contributed by atoms with Crippen molar-refractivity contribution in [2.24, 2.45) is 0 Å². The van der Waals surface area contributed by atoms with E-state index in [1.807, 2.05) is 18.2 Å². The Bertz CT molecular complexity index is 2270. The van der Waals surface area contributed by atoms with Gasteiger partial charge >= 0.3 is 5.97 Å². The summed E-state index contributed by atoms with van der Waals surface area (Å²) in [5, 5.41) is 36.2. The summed E-state index contributed by atoms with van der Waals surface area (Å²) in [6.07, 6.45) is 9.43. The monoisotopic (exact) mass is 719 g/mol. The number of aromatic hydroxyl groups is 1. The van der Waals surface area contributed by atoms with Gasteiger partial charge in [0.2, 0.25) is 11.8 Å². The number of carboxylic acid groups (broad SMARTS) is 1. The second-order valence-corrected chi connectivity index (χ2v) is 12.9. The van der Waals surface area contributed by atoms with E-state index in [1.54, 1.807) is 60.1 Å². The zero-order valence-corrected chi connectivity index (χ0v) is 28.6. The van der Waals surface area contributed by atoms with Crippen LogP contribution in [0.4, 0.5) is 5.69 Å². The van der Waals surface area contributed by atoms with Gasteiger partial charge in [-0.3, -0.25) is 19.0 Å². The average molecular weight is 720 g/mol. The molecule has 2 aliphatic carbocycles. The van der Waals surface area contributed by atoms with E-state index in [9.17, 15) is 29.7 Å². The van der Waals surface area contributed by atoms with E-state index in [0.29, 0.717) is 69.4 Å². The van der Waals surface area contributed by atoms with Gasteiger partial charge in [-0.2, -0.15) is 0 Å². The van der Waals surface area contributed by atoms with Crippen LogP contribution in [0.3, 0.4) is 0 Å². The van der Waals surface area contributed by atoms with Gasteiger partial charge < -0.3 is 35.4 Å². The number of rotatable bonds is 9. The number of aliphatic hydroxyl groups is 1. The SMILES string of the molecule is Cc1nc2cnc(-c3ccc(OCCCC(=O)NC(=S)Nc4ccc(C5=C6C=CC(=O)CC6OC6=CC(O)CC=C65)c(C(=O)O)c4)cc3)cn2c1O. The maximum atomic E-state index is 12.6. The minimum Gasteiger partial charge on any atom is -0.494 e. The highest BCUT2D eigenvalue weighted by molar-refractivity contribution is 7.80. The molecule has 0 saturated carbocycles. The molecule has 3 heterocycles. The lowest BCUT2D eigenvalue weighted by Gasteiger charge is -2.35. The zero-order chi connectivity index (χ0) is 36.5. The third-order valence-electron chi connectivity index (χ3n) is 8.83. The van der Waals surface area contributed by atoms with Crippen molar-refractivity contribution in [3.63, 3.8) is 0 Å². The lowest BCUT2D eigenvalue weighted by Crippen LogP contribution is -2.34. The number of nitrogens with zero attached hydrogens (tertiary/aromatic N) is 3. The minimum atomic E-state index is -1.18. The summed E-state index contributed by atoms with van der Waals surface area (Å²) < 4.78 is 13.4. The largest absolute Gasteiger partial charge is 0.494 e. The number of thiocarbonyl (C=S) groups is 1. The lowest BCUT2D eigenvalue weighted by molar-refractivity contribution is -0.120. The van der Waals surface area contributed by atoms with E-state index in [-0.39, 0.29) is 47.7 Å². The molecule has 0 radical (unpaired) electrons. The summed E-state index contributed by atoms with van der Waals surface area (Å²) in [5.41, 5.74) is 5.28. The molecule has 5 N–H and O–H groups in total. The Morgan fingerprint density at radius 2 is 1.96 bits per heavy atom. The second-order valence-electron chi connectivity index (χ2n) is 12.5. The molecule has 14 heteroatoms. The van der Waals surface area contributed by atoms with Crippen LogP contribution in [0, 0.1) is 6.92 Å². The number of carbonyl (C=O) groups is 3. The van der Waals surface area contributed by atoms with Crippen LogP contribution >= 0.6 is 12.2 Å². The van der Waals surface area contributed by atoms with E-state index in [4.69, 9.17) is 21.7 Å². The Morgan fingerprint density at radius 1 is 1.15 bits per heavy atom. The van der Waals surface area contributed by atoms with Crippen molar-refractivity contribution < 1.29 is 39.2 Å². The fourth-order valence-corrected chi connectivity index (χ4v) is 6.56. The van der Waals surface area contributed by atoms with Crippen LogP contribution in [0.1, 0.15) is 47.3 Å². The van der Waals surface area contributed by atoms with Gasteiger partial charge in [0.1, 0.15) is 23.3 Å². The summed E-state index contributed by atoms with van der Waals surface area (Å²) in [4.78, 5) is 46.0. The van der Waals surface area contributed by atoms with Crippen molar-refractivity contribution >= 4 is 51.9 Å². The number of amides is 1. The highest BCUT2D eigenvalue weighted by Gasteiger charge is 2.36. The molecule has 0 bridgehead atoms. The molecule has 2 atom stereocenters. The zero-order valence-electron chi connectivity index (χ0n) is 27.8. The van der Waals surface area contributed by atoms with Crippen molar-refractivity contribution in [1.29, 1.82) is 0 Å². The summed E-state index contributed by atoms with van der Waals surface area (Å²) in [5.74, 6) is -0.534. The summed E-state index contributed by atoms with van der Waals surface area (Å²) in [6.45, 7) is 2.00. The van der Waals surface area contributed by atoms with E-state index in [2.05, 4.69) is 20.6 Å². The number of benzene rings is 2. The van der Waals surface area contributed by atoms with Gasteiger partial charge in [0.25, 0.3) is 0 Å². The van der Waals surface area contributed by atoms with Crippen molar-refractivity contribution in [2.45, 2.75) is 44.8 Å². The topological polar surface area (TPSA) is 185 Å². The fraction of sp³-hybridized carbons (Fsp3) is 0.211. The Hall–Kier alpha value is -6.12. The van der Waals surface area contributed by atoms with Crippen LogP contribution in [0.2, 0.25) is 0 Å². The first-order chi connectivity index (χ1) is 25.0. The average Bonchev–Trinajstić information content (AvgIpc) is 3.41. The van der Waals surface area contributed by atoms with Gasteiger partial charge in [-0.15, -0.1) is 0 Å². The first-order valence-corrected chi connectivity index (χ1v) is 16.9. The smallest absolute Gasteiger partial charge is 0.336 e. The van der Waals surface area contributed by atoms with Gasteiger partial charge in [-0.1, -0.05) is 18.2 Å². The molecule has 13 nitrogen and oxygen atoms in total. The predicted molar refractivity (Wildman–Crippen MR) is 195 cm³/mol. The quantitative estimate of drug-likeness (QED) is 0.115. The first-order valence-electron chi connectivity index (χ1n) is 16.5. The number of anilines is 1. The number of ketones is 1. The number of aryl methyl sites for hydroxylation is 1. The van der Waals surface area contributed by atoms with Crippen molar-refractivity contribution in [2.75, 3.05) is 11.9 Å². The van der Waals surface area contributed by atoms with Crippen LogP contribution in [0.5, 0.6) is 11.6 Å². The number of hydrogen-bond acceptors (Lipinski definition) is 10. The normalized spacial score (nSPS) is 17.8. The highest BCUT2D eigenvalue weighted by atomic mass is 32.1. The van der Waals surface area contributed by atoms with Crippen molar-refractivity contribution in [1.82, 2.24) is 19.7 Å². The third kappa shape index (κ3) is 7.06. The van der Waals surface area contributed by atoms with Gasteiger partial charge in [0.05, 0.1) is 36.6 Å². The molecule has 7 rings (SSSR count). The Kier molecular flexibility index (Phi) is 9.41. The molecule has 2 unspecified atom stereocenters. The second kappa shape index (κ2) is 14.2. The number of aliphatic hydroxyl groups excluding tert-OH is 1. The molecule has 4 aromatic rings. The first kappa shape index (κ1) is 34.3. The molecule has 52 heavy (non-hydrogen) atoms. The van der Waals surface area contributed by atoms with Gasteiger partial charge in [0.15, 0.2) is 16.5 Å². The number of fused-ring (bicyclic) bond motifs is 3. The fourth-order valence-electron chi connectivity index (χ4n) is 6.33. The van der Waals surface area contributed by atoms with Crippen molar-refractivity contribution in [3.05, 3.63) is 113 Å². The summed E-state index contributed by atoms with van der Waals surface area (Å²) in [7, 11) is 0. The number of aromatic nitrogens is 3. The molecule has 264 valence electrons. The van der Waals surface area contributed by atoms with Gasteiger partial charge in [0, 0.05) is 40.6 Å². The van der Waals surface area contributed by atoms with Crippen LogP contribution in [0.25, 0.3) is 22.5 Å².